The fraction of sp³-hybridized carbons (Fsp3) is 0.333. The van der Waals surface area contributed by atoms with Crippen LogP contribution in [0.3, 0.4) is 0 Å². The van der Waals surface area contributed by atoms with E-state index in [2.05, 4.69) is 20.6 Å². The van der Waals surface area contributed by atoms with Crippen molar-refractivity contribution in [1.29, 1.82) is 0 Å². The standard InChI is InChI=1S/C18H19N5O2/c1-11-9-12(2)23(22-11)15-7-5-13(6-8-15)17(24)19-10-16-20-21-18(25-16)14-3-4-14/h5-9,14H,3-4,10H2,1-2H3,(H,19,24). The van der Waals surface area contributed by atoms with Crippen molar-refractivity contribution in [1.82, 2.24) is 25.3 Å². The van der Waals surface area contributed by atoms with E-state index in [1.165, 1.54) is 0 Å². The Labute approximate surface area is 145 Å². The molecule has 0 bridgehead atoms. The molecule has 128 valence electrons. The number of amides is 1. The number of rotatable bonds is 5. The molecule has 4 rings (SSSR count). The van der Waals surface area contributed by atoms with Crippen molar-refractivity contribution in [3.8, 4) is 5.69 Å². The van der Waals surface area contributed by atoms with E-state index in [-0.39, 0.29) is 12.5 Å². The van der Waals surface area contributed by atoms with Gasteiger partial charge in [0, 0.05) is 17.2 Å². The van der Waals surface area contributed by atoms with Gasteiger partial charge in [0.15, 0.2) is 0 Å². The van der Waals surface area contributed by atoms with E-state index in [1.54, 1.807) is 12.1 Å². The van der Waals surface area contributed by atoms with Crippen LogP contribution in [0.15, 0.2) is 34.7 Å². The van der Waals surface area contributed by atoms with Crippen LogP contribution in [0.4, 0.5) is 0 Å². The molecule has 1 aliphatic carbocycles. The monoisotopic (exact) mass is 337 g/mol. The molecule has 3 aromatic rings. The highest BCUT2D eigenvalue weighted by Gasteiger charge is 2.29. The van der Waals surface area contributed by atoms with E-state index in [4.69, 9.17) is 4.42 Å². The Hall–Kier alpha value is -2.96. The zero-order chi connectivity index (χ0) is 17.4. The largest absolute Gasteiger partial charge is 0.423 e. The Balaban J connectivity index is 1.40. The van der Waals surface area contributed by atoms with Crippen molar-refractivity contribution in [2.24, 2.45) is 0 Å². The topological polar surface area (TPSA) is 85.8 Å². The molecule has 7 heteroatoms. The summed E-state index contributed by atoms with van der Waals surface area (Å²) in [6, 6.07) is 9.34. The lowest BCUT2D eigenvalue weighted by atomic mass is 10.2. The van der Waals surface area contributed by atoms with E-state index >= 15 is 0 Å². The molecule has 1 saturated carbocycles. The molecular weight excluding hydrogens is 318 g/mol. The fourth-order valence-corrected chi connectivity index (χ4v) is 2.74. The van der Waals surface area contributed by atoms with Gasteiger partial charge in [0.1, 0.15) is 0 Å². The molecule has 0 saturated heterocycles. The number of aryl methyl sites for hydroxylation is 2. The van der Waals surface area contributed by atoms with Crippen LogP contribution < -0.4 is 5.32 Å². The average molecular weight is 337 g/mol. The summed E-state index contributed by atoms with van der Waals surface area (Å²) in [5.41, 5.74) is 3.52. The number of carbonyl (C=O) groups is 1. The Bertz CT molecular complexity index is 906. The molecule has 25 heavy (non-hydrogen) atoms. The van der Waals surface area contributed by atoms with Crippen LogP contribution in [-0.2, 0) is 6.54 Å². The fourth-order valence-electron chi connectivity index (χ4n) is 2.74. The van der Waals surface area contributed by atoms with Gasteiger partial charge in [0.25, 0.3) is 5.91 Å². The predicted molar refractivity (Wildman–Crippen MR) is 90.5 cm³/mol. The molecule has 1 aliphatic rings. The summed E-state index contributed by atoms with van der Waals surface area (Å²) in [7, 11) is 0. The van der Waals surface area contributed by atoms with Crippen LogP contribution in [-0.4, -0.2) is 25.9 Å². The molecule has 1 fully saturated rings. The third kappa shape index (κ3) is 3.31. The van der Waals surface area contributed by atoms with E-state index in [1.807, 2.05) is 36.7 Å². The number of nitrogens with zero attached hydrogens (tertiary/aromatic N) is 4. The maximum atomic E-state index is 12.3. The molecule has 2 aromatic heterocycles. The molecule has 0 atom stereocenters. The summed E-state index contributed by atoms with van der Waals surface area (Å²) < 4.78 is 7.39. The minimum Gasteiger partial charge on any atom is -0.423 e. The molecule has 0 aliphatic heterocycles. The highest BCUT2D eigenvalue weighted by molar-refractivity contribution is 5.94. The molecule has 7 nitrogen and oxygen atoms in total. The first-order valence-corrected chi connectivity index (χ1v) is 8.34. The molecule has 0 radical (unpaired) electrons. The first-order chi connectivity index (χ1) is 12.1. The van der Waals surface area contributed by atoms with Crippen LogP contribution in [0.5, 0.6) is 0 Å². The number of hydrogen-bond acceptors (Lipinski definition) is 5. The second kappa shape index (κ2) is 6.16. The molecule has 0 unspecified atom stereocenters. The van der Waals surface area contributed by atoms with Crippen molar-refractivity contribution in [3.05, 3.63) is 59.1 Å². The van der Waals surface area contributed by atoms with Crippen molar-refractivity contribution >= 4 is 5.91 Å². The third-order valence-corrected chi connectivity index (χ3v) is 4.19. The number of benzene rings is 1. The third-order valence-electron chi connectivity index (χ3n) is 4.19. The molecule has 1 amide bonds. The van der Waals surface area contributed by atoms with Gasteiger partial charge in [-0.1, -0.05) is 0 Å². The van der Waals surface area contributed by atoms with E-state index in [0.717, 1.165) is 29.9 Å². The van der Waals surface area contributed by atoms with Gasteiger partial charge in [-0.15, -0.1) is 10.2 Å². The SMILES string of the molecule is Cc1cc(C)n(-c2ccc(C(=O)NCc3nnc(C4CC4)o3)cc2)n1. The zero-order valence-corrected chi connectivity index (χ0v) is 14.2. The van der Waals surface area contributed by atoms with Crippen LogP contribution >= 0.6 is 0 Å². The quantitative estimate of drug-likeness (QED) is 0.773. The molecular formula is C18H19N5O2. The molecule has 1 aromatic carbocycles. The van der Waals surface area contributed by atoms with Crippen molar-refractivity contribution in [2.75, 3.05) is 0 Å². The number of carbonyl (C=O) groups excluding carboxylic acids is 1. The highest BCUT2D eigenvalue weighted by Crippen LogP contribution is 2.38. The predicted octanol–water partition coefficient (Wildman–Crippen LogP) is 2.68. The normalized spacial score (nSPS) is 13.8. The Morgan fingerprint density at radius 1 is 1.24 bits per heavy atom. The van der Waals surface area contributed by atoms with Gasteiger partial charge in [0.05, 0.1) is 17.9 Å². The second-order valence-corrected chi connectivity index (χ2v) is 6.38. The molecule has 0 spiro atoms. The van der Waals surface area contributed by atoms with Crippen molar-refractivity contribution in [2.45, 2.75) is 39.2 Å². The van der Waals surface area contributed by atoms with Crippen molar-refractivity contribution in [3.63, 3.8) is 0 Å². The maximum absolute atomic E-state index is 12.3. The lowest BCUT2D eigenvalue weighted by Crippen LogP contribution is -2.23. The smallest absolute Gasteiger partial charge is 0.251 e. The first-order valence-electron chi connectivity index (χ1n) is 8.34. The molecule has 2 heterocycles. The van der Waals surface area contributed by atoms with Crippen LogP contribution in [0.1, 0.15) is 52.3 Å². The Morgan fingerprint density at radius 3 is 2.64 bits per heavy atom. The van der Waals surface area contributed by atoms with E-state index < -0.39 is 0 Å². The minimum atomic E-state index is -0.175. The van der Waals surface area contributed by atoms with Crippen LogP contribution in [0, 0.1) is 13.8 Å². The van der Waals surface area contributed by atoms with E-state index in [9.17, 15) is 4.79 Å². The van der Waals surface area contributed by atoms with Gasteiger partial charge in [0.2, 0.25) is 11.8 Å². The summed E-state index contributed by atoms with van der Waals surface area (Å²) in [5.74, 6) is 1.36. The van der Waals surface area contributed by atoms with Crippen molar-refractivity contribution < 1.29 is 9.21 Å². The van der Waals surface area contributed by atoms with Gasteiger partial charge in [-0.3, -0.25) is 4.79 Å². The summed E-state index contributed by atoms with van der Waals surface area (Å²) in [5, 5.41) is 15.2. The van der Waals surface area contributed by atoms with E-state index in [0.29, 0.717) is 23.3 Å². The van der Waals surface area contributed by atoms with Gasteiger partial charge in [-0.2, -0.15) is 5.10 Å². The summed E-state index contributed by atoms with van der Waals surface area (Å²) in [6.45, 7) is 4.19. The average Bonchev–Trinajstić information content (AvgIpc) is 3.26. The number of aromatic nitrogens is 4. The van der Waals surface area contributed by atoms with Gasteiger partial charge in [-0.05, 0) is 57.0 Å². The van der Waals surface area contributed by atoms with Crippen LogP contribution in [0.25, 0.3) is 5.69 Å². The van der Waals surface area contributed by atoms with Gasteiger partial charge >= 0.3 is 0 Å². The lowest BCUT2D eigenvalue weighted by molar-refractivity contribution is 0.0947. The number of hydrogen-bond donors (Lipinski definition) is 1. The lowest BCUT2D eigenvalue weighted by Gasteiger charge is -2.06. The first kappa shape index (κ1) is 15.6. The highest BCUT2D eigenvalue weighted by atomic mass is 16.4. The minimum absolute atomic E-state index is 0.175. The summed E-state index contributed by atoms with van der Waals surface area (Å²) in [4.78, 5) is 12.3. The zero-order valence-electron chi connectivity index (χ0n) is 14.2. The molecule has 1 N–H and O–H groups in total. The van der Waals surface area contributed by atoms with Gasteiger partial charge < -0.3 is 9.73 Å². The number of nitrogens with one attached hydrogen (secondary N) is 1. The van der Waals surface area contributed by atoms with Crippen LogP contribution in [0.2, 0.25) is 0 Å². The summed E-state index contributed by atoms with van der Waals surface area (Å²) in [6.07, 6.45) is 2.21. The summed E-state index contributed by atoms with van der Waals surface area (Å²) >= 11 is 0. The Morgan fingerprint density at radius 2 is 2.00 bits per heavy atom. The maximum Gasteiger partial charge on any atom is 0.251 e. The Kier molecular flexibility index (Phi) is 3.83. The second-order valence-electron chi connectivity index (χ2n) is 6.38. The van der Waals surface area contributed by atoms with Gasteiger partial charge in [-0.25, -0.2) is 4.68 Å².